The van der Waals surface area contributed by atoms with Crippen molar-refractivity contribution < 1.29 is 4.42 Å². The summed E-state index contributed by atoms with van der Waals surface area (Å²) in [5.41, 5.74) is 15.6. The summed E-state index contributed by atoms with van der Waals surface area (Å²) in [6.45, 7) is 0. The second-order valence-electron chi connectivity index (χ2n) is 17.6. The maximum absolute atomic E-state index is 6.58. The van der Waals surface area contributed by atoms with Crippen LogP contribution in [0.15, 0.2) is 247 Å². The monoisotopic (exact) mass is 884 g/mol. The summed E-state index contributed by atoms with van der Waals surface area (Å²) in [4.78, 5) is 2.37. The van der Waals surface area contributed by atoms with E-state index in [1.165, 1.54) is 64.1 Å². The van der Waals surface area contributed by atoms with Gasteiger partial charge in [-0.2, -0.15) is 0 Å². The molecule has 14 aromatic rings. The Morgan fingerprint density at radius 2 is 0.882 bits per heavy atom. The molecule has 3 aromatic heterocycles. The number of furan rings is 1. The van der Waals surface area contributed by atoms with E-state index >= 15 is 0 Å². The molecule has 0 saturated carbocycles. The number of aromatic nitrogens is 1. The van der Waals surface area contributed by atoms with Gasteiger partial charge in [0, 0.05) is 69.7 Å². The van der Waals surface area contributed by atoms with E-state index in [1.54, 1.807) is 0 Å². The van der Waals surface area contributed by atoms with Gasteiger partial charge in [-0.15, -0.1) is 11.3 Å². The highest BCUT2D eigenvalue weighted by molar-refractivity contribution is 7.25. The van der Waals surface area contributed by atoms with Crippen molar-refractivity contribution in [3.8, 4) is 39.1 Å². The zero-order valence-corrected chi connectivity index (χ0v) is 37.6. The number of hydrogen-bond acceptors (Lipinski definition) is 3. The number of benzene rings is 11. The van der Waals surface area contributed by atoms with Gasteiger partial charge in [0.05, 0.1) is 16.7 Å². The molecule has 0 N–H and O–H groups in total. The number of nitrogens with zero attached hydrogens (tertiary/aromatic N) is 2. The van der Waals surface area contributed by atoms with E-state index in [2.05, 4.69) is 252 Å². The van der Waals surface area contributed by atoms with Crippen molar-refractivity contribution in [2.45, 2.75) is 0 Å². The molecule has 14 rings (SSSR count). The van der Waals surface area contributed by atoms with E-state index in [0.717, 1.165) is 66.8 Å². The molecule has 318 valence electrons. The van der Waals surface area contributed by atoms with E-state index in [0.29, 0.717) is 0 Å². The maximum atomic E-state index is 6.58. The fourth-order valence-electron chi connectivity index (χ4n) is 10.6. The Labute approximate surface area is 396 Å². The zero-order chi connectivity index (χ0) is 44.7. The summed E-state index contributed by atoms with van der Waals surface area (Å²) < 4.78 is 11.6. The number of thiophene rings is 1. The molecule has 3 nitrogen and oxygen atoms in total. The molecule has 0 radical (unpaired) electrons. The molecule has 0 aliphatic carbocycles. The minimum Gasteiger partial charge on any atom is -0.455 e. The quantitative estimate of drug-likeness (QED) is 0.159. The van der Waals surface area contributed by atoms with Crippen molar-refractivity contribution in [1.82, 2.24) is 4.57 Å². The predicted molar refractivity (Wildman–Crippen MR) is 289 cm³/mol. The SMILES string of the molecule is c1ccc(-n2c3ccccc3c3ccccc32)c(-c2ccc(N(c3ccc(-c4ccc5c(c4)sc4ccccc45)cc3)c3ccc(-c4cccc5oc6c7ccccc7ccc6c45)cc3)cc2)c1. The van der Waals surface area contributed by atoms with Gasteiger partial charge in [-0.1, -0.05) is 164 Å². The molecule has 0 fully saturated rings. The molecular formula is C64H40N2OS. The molecule has 3 heterocycles. The number of hydrogen-bond donors (Lipinski definition) is 0. The molecule has 4 heteroatoms. The maximum Gasteiger partial charge on any atom is 0.143 e. The van der Waals surface area contributed by atoms with E-state index in [4.69, 9.17) is 4.42 Å². The lowest BCUT2D eigenvalue weighted by molar-refractivity contribution is 0.673. The number of rotatable bonds is 7. The minimum absolute atomic E-state index is 0.894. The van der Waals surface area contributed by atoms with Crippen LogP contribution < -0.4 is 4.90 Å². The van der Waals surface area contributed by atoms with Crippen LogP contribution in [0, 0.1) is 0 Å². The molecule has 0 spiro atoms. The first-order chi connectivity index (χ1) is 33.7. The molecule has 0 aliphatic rings. The van der Waals surface area contributed by atoms with E-state index in [9.17, 15) is 0 Å². The number of fused-ring (bicyclic) bond motifs is 11. The Morgan fingerprint density at radius 3 is 1.60 bits per heavy atom. The van der Waals surface area contributed by atoms with Crippen LogP contribution in [0.25, 0.3) is 114 Å². The lowest BCUT2D eigenvalue weighted by Gasteiger charge is -2.26. The van der Waals surface area contributed by atoms with Crippen molar-refractivity contribution in [2.75, 3.05) is 4.90 Å². The number of anilines is 3. The second-order valence-corrected chi connectivity index (χ2v) is 18.7. The summed E-state index contributed by atoms with van der Waals surface area (Å²) >= 11 is 1.86. The van der Waals surface area contributed by atoms with Crippen LogP contribution in [0.5, 0.6) is 0 Å². The summed E-state index contributed by atoms with van der Waals surface area (Å²) in [6, 6.07) is 88.1. The lowest BCUT2D eigenvalue weighted by atomic mass is 9.97. The van der Waals surface area contributed by atoms with Crippen LogP contribution in [0.4, 0.5) is 17.1 Å². The van der Waals surface area contributed by atoms with Gasteiger partial charge in [0.25, 0.3) is 0 Å². The Bertz CT molecular complexity index is 4200. The van der Waals surface area contributed by atoms with Crippen LogP contribution in [0.3, 0.4) is 0 Å². The average molecular weight is 885 g/mol. The van der Waals surface area contributed by atoms with E-state index < -0.39 is 0 Å². The van der Waals surface area contributed by atoms with Crippen molar-refractivity contribution in [1.29, 1.82) is 0 Å². The third kappa shape index (κ3) is 6.12. The van der Waals surface area contributed by atoms with Crippen molar-refractivity contribution in [3.05, 3.63) is 243 Å². The minimum atomic E-state index is 0.894. The standard InChI is InChI=1S/C64H40N2OS/c1-2-14-51-42(12-1)30-39-56-63-50(18-11-22-60(63)67-64(51)56)44-28-36-48(37-29-44)65(46-32-24-41(25-33-46)45-31-38-55-54-17-6-10-23-61(54)68-62(55)40-45)47-34-26-43(27-35-47)49-13-3-7-19-57(49)66-58-20-8-4-15-52(58)53-16-5-9-21-59(53)66/h1-40H. The summed E-state index contributed by atoms with van der Waals surface area (Å²) in [5.74, 6) is 0. The molecule has 0 bridgehead atoms. The first-order valence-corrected chi connectivity index (χ1v) is 24.0. The van der Waals surface area contributed by atoms with Gasteiger partial charge >= 0.3 is 0 Å². The van der Waals surface area contributed by atoms with Gasteiger partial charge < -0.3 is 13.9 Å². The Hall–Kier alpha value is -8.70. The predicted octanol–water partition coefficient (Wildman–Crippen LogP) is 18.7. The third-order valence-electron chi connectivity index (χ3n) is 13.8. The van der Waals surface area contributed by atoms with Crippen LogP contribution in [0.2, 0.25) is 0 Å². The normalized spacial score (nSPS) is 11.8. The molecule has 0 unspecified atom stereocenters. The van der Waals surface area contributed by atoms with Crippen molar-refractivity contribution in [3.63, 3.8) is 0 Å². The molecule has 68 heavy (non-hydrogen) atoms. The largest absolute Gasteiger partial charge is 0.455 e. The fraction of sp³-hybridized carbons (Fsp3) is 0. The van der Waals surface area contributed by atoms with E-state index in [-0.39, 0.29) is 0 Å². The van der Waals surface area contributed by atoms with E-state index in [1.807, 2.05) is 11.3 Å². The highest BCUT2D eigenvalue weighted by Gasteiger charge is 2.19. The Morgan fingerprint density at radius 1 is 0.353 bits per heavy atom. The van der Waals surface area contributed by atoms with Crippen LogP contribution >= 0.6 is 11.3 Å². The van der Waals surface area contributed by atoms with Gasteiger partial charge in [0.1, 0.15) is 11.2 Å². The third-order valence-corrected chi connectivity index (χ3v) is 15.0. The molecule has 0 saturated heterocycles. The van der Waals surface area contributed by atoms with Gasteiger partial charge in [-0.05, 0) is 112 Å². The van der Waals surface area contributed by atoms with Crippen LogP contribution in [0.1, 0.15) is 0 Å². The van der Waals surface area contributed by atoms with Crippen molar-refractivity contribution in [2.24, 2.45) is 0 Å². The van der Waals surface area contributed by atoms with Crippen molar-refractivity contribution >= 4 is 103 Å². The second kappa shape index (κ2) is 15.5. The lowest BCUT2D eigenvalue weighted by Crippen LogP contribution is -2.09. The Balaban J connectivity index is 0.870. The molecule has 11 aromatic carbocycles. The summed E-state index contributed by atoms with van der Waals surface area (Å²) in [6.07, 6.45) is 0. The molecule has 0 aliphatic heterocycles. The Kier molecular flexibility index (Phi) is 8.76. The molecule has 0 atom stereocenters. The topological polar surface area (TPSA) is 21.3 Å². The summed E-state index contributed by atoms with van der Waals surface area (Å²) in [5, 5.41) is 9.72. The average Bonchev–Trinajstić information content (AvgIpc) is 4.09. The molecular weight excluding hydrogens is 845 g/mol. The highest BCUT2D eigenvalue weighted by atomic mass is 32.1. The fourth-order valence-corrected chi connectivity index (χ4v) is 11.8. The van der Waals surface area contributed by atoms with Gasteiger partial charge in [0.15, 0.2) is 0 Å². The van der Waals surface area contributed by atoms with Crippen LogP contribution in [-0.4, -0.2) is 4.57 Å². The first kappa shape index (κ1) is 38.6. The first-order valence-electron chi connectivity index (χ1n) is 23.2. The van der Waals surface area contributed by atoms with Gasteiger partial charge in [-0.25, -0.2) is 0 Å². The number of para-hydroxylation sites is 3. The summed E-state index contributed by atoms with van der Waals surface area (Å²) in [7, 11) is 0. The van der Waals surface area contributed by atoms with Gasteiger partial charge in [0.2, 0.25) is 0 Å². The van der Waals surface area contributed by atoms with Crippen LogP contribution in [-0.2, 0) is 0 Å². The van der Waals surface area contributed by atoms with Gasteiger partial charge in [-0.3, -0.25) is 0 Å². The molecule has 0 amide bonds. The smallest absolute Gasteiger partial charge is 0.143 e. The zero-order valence-electron chi connectivity index (χ0n) is 36.8. The highest BCUT2D eigenvalue weighted by Crippen LogP contribution is 2.44.